The van der Waals surface area contributed by atoms with Crippen LogP contribution in [0.1, 0.15) is 24.2 Å². The van der Waals surface area contributed by atoms with Crippen LogP contribution < -0.4 is 10.1 Å². The summed E-state index contributed by atoms with van der Waals surface area (Å²) in [6, 6.07) is 11.5. The number of benzene rings is 2. The third kappa shape index (κ3) is 4.39. The van der Waals surface area contributed by atoms with Gasteiger partial charge in [0, 0.05) is 23.7 Å². The Bertz CT molecular complexity index is 752. The summed E-state index contributed by atoms with van der Waals surface area (Å²) in [5, 5.41) is 13.3. The molecule has 0 aliphatic carbocycles. The third-order valence-electron chi connectivity index (χ3n) is 3.17. The number of rotatable bonds is 5. The van der Waals surface area contributed by atoms with Gasteiger partial charge < -0.3 is 10.1 Å². The second-order valence-electron chi connectivity index (χ2n) is 5.36. The van der Waals surface area contributed by atoms with Crippen LogP contribution in [0.4, 0.5) is 11.4 Å². The lowest BCUT2D eigenvalue weighted by molar-refractivity contribution is -0.384. The van der Waals surface area contributed by atoms with E-state index in [1.165, 1.54) is 36.4 Å². The number of nitro groups is 1. The van der Waals surface area contributed by atoms with Gasteiger partial charge in [-0.1, -0.05) is 13.8 Å². The fourth-order valence-corrected chi connectivity index (χ4v) is 1.78. The van der Waals surface area contributed by atoms with E-state index in [9.17, 15) is 19.7 Å². The van der Waals surface area contributed by atoms with Crippen LogP contribution in [-0.4, -0.2) is 16.8 Å². The van der Waals surface area contributed by atoms with E-state index in [-0.39, 0.29) is 23.3 Å². The number of ether oxygens (including phenoxy) is 1. The minimum Gasteiger partial charge on any atom is -0.423 e. The van der Waals surface area contributed by atoms with Crippen molar-refractivity contribution < 1.29 is 19.2 Å². The van der Waals surface area contributed by atoms with Crippen molar-refractivity contribution >= 4 is 23.3 Å². The van der Waals surface area contributed by atoms with Crippen molar-refractivity contribution in [1.82, 2.24) is 0 Å². The van der Waals surface area contributed by atoms with Crippen LogP contribution in [0.5, 0.6) is 5.75 Å². The van der Waals surface area contributed by atoms with Crippen molar-refractivity contribution in [2.45, 2.75) is 13.8 Å². The van der Waals surface area contributed by atoms with Gasteiger partial charge in [-0.3, -0.25) is 14.9 Å². The number of nitrogens with one attached hydrogen (secondary N) is 1. The van der Waals surface area contributed by atoms with Crippen molar-refractivity contribution in [1.29, 1.82) is 0 Å². The van der Waals surface area contributed by atoms with Crippen molar-refractivity contribution in [3.05, 3.63) is 64.2 Å². The molecule has 7 heteroatoms. The maximum atomic E-state index is 12.0. The summed E-state index contributed by atoms with van der Waals surface area (Å²) in [5.74, 6) is -0.638. The molecule has 2 rings (SSSR count). The number of anilines is 1. The number of esters is 1. The molecule has 0 aromatic heterocycles. The number of amides is 1. The Hall–Kier alpha value is -3.22. The Kier molecular flexibility index (Phi) is 5.26. The van der Waals surface area contributed by atoms with Gasteiger partial charge in [0.1, 0.15) is 5.75 Å². The Morgan fingerprint density at radius 3 is 2.12 bits per heavy atom. The second-order valence-corrected chi connectivity index (χ2v) is 5.36. The lowest BCUT2D eigenvalue weighted by atomic mass is 10.1. The van der Waals surface area contributed by atoms with Crippen LogP contribution in [0.2, 0.25) is 0 Å². The molecule has 7 nitrogen and oxygen atoms in total. The topological polar surface area (TPSA) is 98.5 Å². The van der Waals surface area contributed by atoms with E-state index >= 15 is 0 Å². The van der Waals surface area contributed by atoms with E-state index in [2.05, 4.69) is 5.32 Å². The zero-order valence-electron chi connectivity index (χ0n) is 13.2. The van der Waals surface area contributed by atoms with Gasteiger partial charge in [-0.05, 0) is 36.4 Å². The number of nitro benzene ring substituents is 1. The summed E-state index contributed by atoms with van der Waals surface area (Å²) < 4.78 is 5.15. The van der Waals surface area contributed by atoms with Crippen LogP contribution >= 0.6 is 0 Å². The average Bonchev–Trinajstić information content (AvgIpc) is 2.55. The maximum Gasteiger partial charge on any atom is 0.343 e. The monoisotopic (exact) mass is 328 g/mol. The minimum absolute atomic E-state index is 0.0833. The fourth-order valence-electron chi connectivity index (χ4n) is 1.78. The molecule has 1 amide bonds. The van der Waals surface area contributed by atoms with Gasteiger partial charge in [-0.2, -0.15) is 0 Å². The predicted octanol–water partition coefficient (Wildman–Crippen LogP) is 3.41. The van der Waals surface area contributed by atoms with Crippen LogP contribution in [0.3, 0.4) is 0 Å². The third-order valence-corrected chi connectivity index (χ3v) is 3.17. The van der Waals surface area contributed by atoms with Gasteiger partial charge in [-0.25, -0.2) is 4.79 Å². The zero-order valence-corrected chi connectivity index (χ0v) is 13.2. The number of hydrogen-bond donors (Lipinski definition) is 1. The highest BCUT2D eigenvalue weighted by Gasteiger charge is 2.12. The van der Waals surface area contributed by atoms with Crippen molar-refractivity contribution in [3.8, 4) is 5.75 Å². The lowest BCUT2D eigenvalue weighted by Gasteiger charge is -2.08. The molecule has 0 aliphatic rings. The minimum atomic E-state index is -0.592. The quantitative estimate of drug-likeness (QED) is 0.392. The number of non-ortho nitro benzene ring substituents is 1. The summed E-state index contributed by atoms with van der Waals surface area (Å²) in [4.78, 5) is 33.7. The molecule has 0 saturated carbocycles. The van der Waals surface area contributed by atoms with Crippen molar-refractivity contribution in [2.75, 3.05) is 5.32 Å². The molecule has 2 aromatic rings. The molecule has 0 unspecified atom stereocenters. The Morgan fingerprint density at radius 2 is 1.62 bits per heavy atom. The van der Waals surface area contributed by atoms with Crippen molar-refractivity contribution in [3.63, 3.8) is 0 Å². The number of carbonyl (C=O) groups excluding carboxylic acids is 2. The highest BCUT2D eigenvalue weighted by atomic mass is 16.6. The fraction of sp³-hybridized carbons (Fsp3) is 0.176. The van der Waals surface area contributed by atoms with Crippen molar-refractivity contribution in [2.24, 2.45) is 5.92 Å². The van der Waals surface area contributed by atoms with Crippen LogP contribution in [0.15, 0.2) is 48.5 Å². The lowest BCUT2D eigenvalue weighted by Crippen LogP contribution is -2.17. The van der Waals surface area contributed by atoms with Gasteiger partial charge in [-0.15, -0.1) is 0 Å². The first-order valence-corrected chi connectivity index (χ1v) is 7.24. The summed E-state index contributed by atoms with van der Waals surface area (Å²) in [6.45, 7) is 3.57. The molecular formula is C17H16N2O5. The highest BCUT2D eigenvalue weighted by molar-refractivity contribution is 5.94. The molecule has 124 valence electrons. The molecule has 0 fully saturated rings. The summed E-state index contributed by atoms with van der Waals surface area (Å²) in [7, 11) is 0. The van der Waals surface area contributed by atoms with E-state index < -0.39 is 10.9 Å². The SMILES string of the molecule is CC(C)C(=O)Nc1ccc(C(=O)Oc2ccc([N+](=O)[O-])cc2)cc1. The van der Waals surface area contributed by atoms with Gasteiger partial charge in [0.25, 0.3) is 5.69 Å². The molecule has 1 N–H and O–H groups in total. The molecule has 2 aromatic carbocycles. The molecular weight excluding hydrogens is 312 g/mol. The number of nitrogens with zero attached hydrogens (tertiary/aromatic N) is 1. The largest absolute Gasteiger partial charge is 0.423 e. The van der Waals surface area contributed by atoms with E-state index in [1.807, 2.05) is 0 Å². The molecule has 0 saturated heterocycles. The molecule has 0 spiro atoms. The molecule has 24 heavy (non-hydrogen) atoms. The maximum absolute atomic E-state index is 12.0. The first-order valence-electron chi connectivity index (χ1n) is 7.24. The Labute approximate surface area is 138 Å². The smallest absolute Gasteiger partial charge is 0.343 e. The summed E-state index contributed by atoms with van der Waals surface area (Å²) in [6.07, 6.45) is 0. The van der Waals surface area contributed by atoms with Gasteiger partial charge in [0.15, 0.2) is 0 Å². The van der Waals surface area contributed by atoms with Gasteiger partial charge in [0.05, 0.1) is 10.5 Å². The van der Waals surface area contributed by atoms with E-state index in [0.29, 0.717) is 11.3 Å². The second kappa shape index (κ2) is 7.36. The first-order chi connectivity index (χ1) is 11.4. The van der Waals surface area contributed by atoms with Crippen LogP contribution in [0.25, 0.3) is 0 Å². The molecule has 0 bridgehead atoms. The van der Waals surface area contributed by atoms with Gasteiger partial charge >= 0.3 is 5.97 Å². The summed E-state index contributed by atoms with van der Waals surface area (Å²) in [5.41, 5.74) is 0.802. The average molecular weight is 328 g/mol. The molecule has 0 atom stereocenters. The normalized spacial score (nSPS) is 10.3. The molecule has 0 radical (unpaired) electrons. The number of carbonyl (C=O) groups is 2. The van der Waals surface area contributed by atoms with Crippen LogP contribution in [-0.2, 0) is 4.79 Å². The Morgan fingerprint density at radius 1 is 1.04 bits per heavy atom. The zero-order chi connectivity index (χ0) is 17.7. The first kappa shape index (κ1) is 17.1. The van der Waals surface area contributed by atoms with Crippen LogP contribution in [0, 0.1) is 16.0 Å². The molecule has 0 aliphatic heterocycles. The van der Waals surface area contributed by atoms with E-state index in [4.69, 9.17) is 4.74 Å². The van der Waals surface area contributed by atoms with Gasteiger partial charge in [0.2, 0.25) is 5.91 Å². The molecule has 0 heterocycles. The highest BCUT2D eigenvalue weighted by Crippen LogP contribution is 2.19. The number of hydrogen-bond acceptors (Lipinski definition) is 5. The van der Waals surface area contributed by atoms with E-state index in [1.54, 1.807) is 26.0 Å². The van der Waals surface area contributed by atoms with E-state index in [0.717, 1.165) is 0 Å². The predicted molar refractivity (Wildman–Crippen MR) is 88.0 cm³/mol. The Balaban J connectivity index is 2.02. The summed E-state index contributed by atoms with van der Waals surface area (Å²) >= 11 is 0. The standard InChI is InChI=1S/C17H16N2O5/c1-11(2)16(20)18-13-5-3-12(4-6-13)17(21)24-15-9-7-14(8-10-15)19(22)23/h3-11H,1-2H3,(H,18,20).